The lowest BCUT2D eigenvalue weighted by Crippen LogP contribution is -2.57. The maximum Gasteiger partial charge on any atom is 0.115 e. The number of anilines is 1. The highest BCUT2D eigenvalue weighted by Gasteiger charge is 2.26. The summed E-state index contributed by atoms with van der Waals surface area (Å²) in [5.41, 5.74) is 1.27. The van der Waals surface area contributed by atoms with E-state index in [1.165, 1.54) is 5.82 Å². The van der Waals surface area contributed by atoms with Gasteiger partial charge in [0.15, 0.2) is 0 Å². The number of hydrogen-bond donors (Lipinski definition) is 1. The Labute approximate surface area is 115 Å². The van der Waals surface area contributed by atoms with Crippen LogP contribution in [0.25, 0.3) is 5.52 Å². The van der Waals surface area contributed by atoms with E-state index in [9.17, 15) is 0 Å². The van der Waals surface area contributed by atoms with Crippen molar-refractivity contribution in [3.05, 3.63) is 29.1 Å². The number of pyridine rings is 1. The molecule has 3 heterocycles. The van der Waals surface area contributed by atoms with Crippen molar-refractivity contribution in [1.29, 1.82) is 0 Å². The molecule has 0 saturated carbocycles. The van der Waals surface area contributed by atoms with Gasteiger partial charge in [-0.15, -0.1) is 0 Å². The van der Waals surface area contributed by atoms with Gasteiger partial charge in [-0.25, -0.2) is 4.98 Å². The van der Waals surface area contributed by atoms with Crippen molar-refractivity contribution in [3.63, 3.8) is 0 Å². The third-order valence-electron chi connectivity index (χ3n) is 3.36. The first-order chi connectivity index (χ1) is 8.55. The van der Waals surface area contributed by atoms with Crippen molar-refractivity contribution in [2.75, 3.05) is 24.5 Å². The minimum atomic E-state index is 0.146. The lowest BCUT2D eigenvalue weighted by atomic mass is 10.0. The van der Waals surface area contributed by atoms with Crippen LogP contribution in [0.3, 0.4) is 0 Å². The van der Waals surface area contributed by atoms with Crippen LogP contribution < -0.4 is 10.2 Å². The molecule has 0 atom stereocenters. The van der Waals surface area contributed by atoms with Crippen molar-refractivity contribution >= 4 is 27.3 Å². The second kappa shape index (κ2) is 4.24. The van der Waals surface area contributed by atoms with Crippen LogP contribution in [-0.4, -0.2) is 34.6 Å². The number of nitrogens with one attached hydrogen (secondary N) is 1. The Morgan fingerprint density at radius 2 is 2.22 bits per heavy atom. The number of aromatic nitrogens is 2. The standard InChI is InChI=1S/C13H17BrN4/c1-13(2)8-17(4-3-16-13)12-6-10(14)5-11-7-15-9-18(11)12/h5-7,9,16H,3-4,8H2,1-2H3. The first kappa shape index (κ1) is 12.0. The second-order valence-electron chi connectivity index (χ2n) is 5.45. The monoisotopic (exact) mass is 308 g/mol. The van der Waals surface area contributed by atoms with Crippen LogP contribution in [0.2, 0.25) is 0 Å². The quantitative estimate of drug-likeness (QED) is 0.877. The predicted molar refractivity (Wildman–Crippen MR) is 77.2 cm³/mol. The number of imidazole rings is 1. The van der Waals surface area contributed by atoms with Gasteiger partial charge in [0.2, 0.25) is 0 Å². The molecule has 96 valence electrons. The summed E-state index contributed by atoms with van der Waals surface area (Å²) in [6.45, 7) is 7.50. The SMILES string of the molecule is CC1(C)CN(c2cc(Br)cc3cncn23)CCN1. The molecule has 0 aromatic carbocycles. The zero-order chi connectivity index (χ0) is 12.8. The van der Waals surface area contributed by atoms with Crippen molar-refractivity contribution in [2.24, 2.45) is 0 Å². The van der Waals surface area contributed by atoms with Crippen LogP contribution in [0.5, 0.6) is 0 Å². The smallest absolute Gasteiger partial charge is 0.115 e. The fraction of sp³-hybridized carbons (Fsp3) is 0.462. The minimum absolute atomic E-state index is 0.146. The van der Waals surface area contributed by atoms with Gasteiger partial charge in [0, 0.05) is 29.6 Å². The van der Waals surface area contributed by atoms with E-state index in [1.807, 2.05) is 12.5 Å². The highest BCUT2D eigenvalue weighted by Crippen LogP contribution is 2.25. The molecule has 3 rings (SSSR count). The van der Waals surface area contributed by atoms with E-state index < -0.39 is 0 Å². The molecule has 2 aromatic rings. The average molecular weight is 309 g/mol. The number of rotatable bonds is 1. The molecule has 5 heteroatoms. The summed E-state index contributed by atoms with van der Waals surface area (Å²) < 4.78 is 3.24. The van der Waals surface area contributed by atoms with Crippen LogP contribution >= 0.6 is 15.9 Å². The molecule has 1 aliphatic heterocycles. The average Bonchev–Trinajstić information content (AvgIpc) is 2.74. The molecule has 0 bridgehead atoms. The number of halogens is 1. The normalized spacial score (nSPS) is 19.4. The van der Waals surface area contributed by atoms with E-state index in [0.717, 1.165) is 29.6 Å². The molecule has 2 aromatic heterocycles. The van der Waals surface area contributed by atoms with E-state index in [1.54, 1.807) is 0 Å². The van der Waals surface area contributed by atoms with E-state index >= 15 is 0 Å². The maximum absolute atomic E-state index is 4.23. The summed E-state index contributed by atoms with van der Waals surface area (Å²) >= 11 is 3.58. The molecule has 1 aliphatic rings. The van der Waals surface area contributed by atoms with Gasteiger partial charge in [0.05, 0.1) is 11.7 Å². The number of nitrogens with zero attached hydrogens (tertiary/aromatic N) is 3. The van der Waals surface area contributed by atoms with Crippen LogP contribution in [0, 0.1) is 0 Å². The van der Waals surface area contributed by atoms with Crippen LogP contribution in [0.1, 0.15) is 13.8 Å². The van der Waals surface area contributed by atoms with E-state index in [4.69, 9.17) is 0 Å². The van der Waals surface area contributed by atoms with Gasteiger partial charge in [-0.05, 0) is 26.0 Å². The highest BCUT2D eigenvalue weighted by atomic mass is 79.9. The van der Waals surface area contributed by atoms with Crippen LogP contribution in [-0.2, 0) is 0 Å². The Morgan fingerprint density at radius 1 is 1.39 bits per heavy atom. The second-order valence-corrected chi connectivity index (χ2v) is 6.37. The summed E-state index contributed by atoms with van der Waals surface area (Å²) in [4.78, 5) is 6.65. The summed E-state index contributed by atoms with van der Waals surface area (Å²) in [6, 6.07) is 4.25. The molecular weight excluding hydrogens is 292 g/mol. The fourth-order valence-corrected chi connectivity index (χ4v) is 3.00. The number of piperazine rings is 1. The number of hydrogen-bond acceptors (Lipinski definition) is 3. The number of fused-ring (bicyclic) bond motifs is 1. The lowest BCUT2D eigenvalue weighted by molar-refractivity contribution is 0.351. The molecule has 0 spiro atoms. The summed E-state index contributed by atoms with van der Waals surface area (Å²) in [6.07, 6.45) is 3.77. The van der Waals surface area contributed by atoms with Crippen molar-refractivity contribution in [1.82, 2.24) is 14.7 Å². The third-order valence-corrected chi connectivity index (χ3v) is 3.82. The van der Waals surface area contributed by atoms with Gasteiger partial charge in [0.25, 0.3) is 0 Å². The molecule has 0 unspecified atom stereocenters. The highest BCUT2D eigenvalue weighted by molar-refractivity contribution is 9.10. The zero-order valence-corrected chi connectivity index (χ0v) is 12.2. The van der Waals surface area contributed by atoms with Crippen molar-refractivity contribution in [3.8, 4) is 0 Å². The first-order valence-corrected chi connectivity index (χ1v) is 6.96. The van der Waals surface area contributed by atoms with Crippen molar-refractivity contribution < 1.29 is 0 Å². The van der Waals surface area contributed by atoms with Crippen molar-refractivity contribution in [2.45, 2.75) is 19.4 Å². The van der Waals surface area contributed by atoms with Gasteiger partial charge in [-0.1, -0.05) is 15.9 Å². The topological polar surface area (TPSA) is 32.6 Å². The maximum atomic E-state index is 4.23. The molecule has 18 heavy (non-hydrogen) atoms. The Morgan fingerprint density at radius 3 is 3.00 bits per heavy atom. The van der Waals surface area contributed by atoms with Crippen LogP contribution in [0.4, 0.5) is 5.82 Å². The molecule has 1 saturated heterocycles. The zero-order valence-electron chi connectivity index (χ0n) is 10.7. The Balaban J connectivity index is 2.05. The van der Waals surface area contributed by atoms with Gasteiger partial charge in [0.1, 0.15) is 12.1 Å². The van der Waals surface area contributed by atoms with E-state index in [0.29, 0.717) is 0 Å². The molecule has 0 amide bonds. The van der Waals surface area contributed by atoms with E-state index in [2.05, 4.69) is 61.5 Å². The summed E-state index contributed by atoms with van der Waals surface area (Å²) in [7, 11) is 0. The van der Waals surface area contributed by atoms with Gasteiger partial charge >= 0.3 is 0 Å². The summed E-state index contributed by atoms with van der Waals surface area (Å²) in [5, 5.41) is 3.54. The Bertz CT molecular complexity index is 575. The summed E-state index contributed by atoms with van der Waals surface area (Å²) in [5.74, 6) is 1.20. The van der Waals surface area contributed by atoms with E-state index in [-0.39, 0.29) is 5.54 Å². The lowest BCUT2D eigenvalue weighted by Gasteiger charge is -2.40. The Kier molecular flexibility index (Phi) is 2.83. The third kappa shape index (κ3) is 2.12. The first-order valence-electron chi connectivity index (χ1n) is 6.17. The van der Waals surface area contributed by atoms with Crippen LogP contribution in [0.15, 0.2) is 29.1 Å². The Hall–Kier alpha value is -1.07. The van der Waals surface area contributed by atoms with Gasteiger partial charge in [-0.3, -0.25) is 4.40 Å². The molecule has 0 radical (unpaired) electrons. The molecule has 1 fully saturated rings. The predicted octanol–water partition coefficient (Wildman–Crippen LogP) is 2.28. The van der Waals surface area contributed by atoms with Gasteiger partial charge in [-0.2, -0.15) is 0 Å². The minimum Gasteiger partial charge on any atom is -0.355 e. The molecule has 0 aliphatic carbocycles. The fourth-order valence-electron chi connectivity index (χ4n) is 2.56. The van der Waals surface area contributed by atoms with Gasteiger partial charge < -0.3 is 10.2 Å². The molecule has 1 N–H and O–H groups in total. The molecular formula is C13H17BrN4. The largest absolute Gasteiger partial charge is 0.355 e. The molecule has 4 nitrogen and oxygen atoms in total.